The zero-order valence-corrected chi connectivity index (χ0v) is 19.3. The minimum atomic E-state index is -0.943. The molecule has 2 fully saturated rings. The lowest BCUT2D eigenvalue weighted by molar-refractivity contribution is -0.154. The number of carbonyl (C=O) groups excluding carboxylic acids is 2. The third-order valence-corrected chi connectivity index (χ3v) is 8.26. The molecule has 0 aliphatic carbocycles. The zero-order chi connectivity index (χ0) is 22.3. The van der Waals surface area contributed by atoms with E-state index in [2.05, 4.69) is 0 Å². The van der Waals surface area contributed by atoms with Crippen LogP contribution >= 0.6 is 21.6 Å². The van der Waals surface area contributed by atoms with Crippen molar-refractivity contribution in [2.24, 2.45) is 0 Å². The van der Waals surface area contributed by atoms with Crippen molar-refractivity contribution in [3.05, 3.63) is 0 Å². The maximum absolute atomic E-state index is 12.5. The molecule has 2 N–H and O–H groups in total. The van der Waals surface area contributed by atoms with E-state index in [4.69, 9.17) is 0 Å². The van der Waals surface area contributed by atoms with E-state index in [0.717, 1.165) is 25.7 Å². The van der Waals surface area contributed by atoms with Gasteiger partial charge in [-0.1, -0.05) is 21.6 Å². The predicted molar refractivity (Wildman–Crippen MR) is 117 cm³/mol. The van der Waals surface area contributed by atoms with Crippen LogP contribution in [-0.4, -0.2) is 79.4 Å². The van der Waals surface area contributed by atoms with Crippen molar-refractivity contribution in [2.45, 2.75) is 89.4 Å². The molecule has 2 rings (SSSR count). The molecule has 2 aliphatic rings. The van der Waals surface area contributed by atoms with Crippen LogP contribution in [0, 0.1) is 0 Å². The Kier molecular flexibility index (Phi) is 9.80. The molecule has 170 valence electrons. The fraction of sp³-hybridized carbons (Fsp3) is 0.800. The molecule has 2 amide bonds. The van der Waals surface area contributed by atoms with E-state index in [0.29, 0.717) is 24.3 Å². The SMILES string of the molecule is C[C@@H]1CCC[C@H](C(=O)O)N1C(=O)CCSSCCC(=O)N1[C@H](C)CCC[C@H]1C(=O)O. The average Bonchev–Trinajstić information content (AvgIpc) is 2.69. The summed E-state index contributed by atoms with van der Waals surface area (Å²) >= 11 is 0. The zero-order valence-electron chi connectivity index (χ0n) is 17.6. The van der Waals surface area contributed by atoms with E-state index in [9.17, 15) is 29.4 Å². The summed E-state index contributed by atoms with van der Waals surface area (Å²) in [5.74, 6) is -1.06. The van der Waals surface area contributed by atoms with Gasteiger partial charge in [-0.3, -0.25) is 9.59 Å². The number of aliphatic carboxylic acids is 2. The second-order valence-corrected chi connectivity index (χ2v) is 10.7. The quantitative estimate of drug-likeness (QED) is 0.399. The normalized spacial score (nSPS) is 27.0. The molecular weight excluding hydrogens is 428 g/mol. The molecule has 0 unspecified atom stereocenters. The van der Waals surface area contributed by atoms with Crippen LogP contribution in [0.5, 0.6) is 0 Å². The Hall–Kier alpha value is -1.42. The number of amides is 2. The number of piperidine rings is 2. The number of nitrogens with zero attached hydrogens (tertiary/aromatic N) is 2. The van der Waals surface area contributed by atoms with E-state index < -0.39 is 24.0 Å². The maximum atomic E-state index is 12.5. The molecule has 2 saturated heterocycles. The topological polar surface area (TPSA) is 115 Å². The van der Waals surface area contributed by atoms with Crippen LogP contribution < -0.4 is 0 Å². The summed E-state index contributed by atoms with van der Waals surface area (Å²) in [6.45, 7) is 3.79. The molecule has 2 aliphatic heterocycles. The molecule has 10 heteroatoms. The van der Waals surface area contributed by atoms with E-state index >= 15 is 0 Å². The van der Waals surface area contributed by atoms with Gasteiger partial charge in [0.25, 0.3) is 0 Å². The van der Waals surface area contributed by atoms with Crippen LogP contribution in [0.4, 0.5) is 0 Å². The Labute approximate surface area is 185 Å². The minimum absolute atomic E-state index is 0.0589. The fourth-order valence-corrected chi connectivity index (χ4v) is 6.30. The highest BCUT2D eigenvalue weighted by atomic mass is 33.1. The molecule has 2 heterocycles. The van der Waals surface area contributed by atoms with E-state index in [1.54, 1.807) is 0 Å². The number of carboxylic acid groups (broad SMARTS) is 2. The first-order valence-corrected chi connectivity index (χ1v) is 13.0. The molecule has 30 heavy (non-hydrogen) atoms. The van der Waals surface area contributed by atoms with Crippen LogP contribution in [0.2, 0.25) is 0 Å². The Morgan fingerprint density at radius 2 is 1.10 bits per heavy atom. The van der Waals surface area contributed by atoms with Crippen LogP contribution in [0.15, 0.2) is 0 Å². The van der Waals surface area contributed by atoms with Gasteiger partial charge < -0.3 is 20.0 Å². The van der Waals surface area contributed by atoms with Crippen molar-refractivity contribution >= 4 is 45.3 Å². The lowest BCUT2D eigenvalue weighted by Gasteiger charge is -2.38. The van der Waals surface area contributed by atoms with E-state index in [1.807, 2.05) is 13.8 Å². The molecule has 8 nitrogen and oxygen atoms in total. The first-order chi connectivity index (χ1) is 14.2. The Balaban J connectivity index is 1.71. The van der Waals surface area contributed by atoms with Crippen molar-refractivity contribution in [1.82, 2.24) is 9.80 Å². The molecule has 0 aromatic carbocycles. The van der Waals surface area contributed by atoms with Crippen molar-refractivity contribution in [3.8, 4) is 0 Å². The summed E-state index contributed by atoms with van der Waals surface area (Å²) in [5, 5.41) is 18.7. The monoisotopic (exact) mass is 460 g/mol. The van der Waals surface area contributed by atoms with Crippen LogP contribution in [0.25, 0.3) is 0 Å². The molecule has 0 radical (unpaired) electrons. The van der Waals surface area contributed by atoms with E-state index in [1.165, 1.54) is 31.4 Å². The smallest absolute Gasteiger partial charge is 0.326 e. The Bertz CT molecular complexity index is 593. The third-order valence-electron chi connectivity index (χ3n) is 5.85. The van der Waals surface area contributed by atoms with Gasteiger partial charge in [-0.2, -0.15) is 0 Å². The molecule has 0 aromatic heterocycles. The third kappa shape index (κ3) is 6.54. The van der Waals surface area contributed by atoms with Gasteiger partial charge >= 0.3 is 11.9 Å². The van der Waals surface area contributed by atoms with Gasteiger partial charge in [-0.25, -0.2) is 9.59 Å². The Morgan fingerprint density at radius 3 is 1.43 bits per heavy atom. The van der Waals surface area contributed by atoms with Crippen molar-refractivity contribution in [2.75, 3.05) is 11.5 Å². The summed E-state index contributed by atoms with van der Waals surface area (Å²) in [5.41, 5.74) is 0. The summed E-state index contributed by atoms with van der Waals surface area (Å²) in [7, 11) is 2.98. The molecule has 0 saturated carbocycles. The van der Waals surface area contributed by atoms with Gasteiger partial charge in [-0.05, 0) is 52.4 Å². The number of hydrogen-bond donors (Lipinski definition) is 2. The largest absolute Gasteiger partial charge is 0.480 e. The van der Waals surface area contributed by atoms with E-state index in [-0.39, 0.29) is 36.7 Å². The van der Waals surface area contributed by atoms with Gasteiger partial charge in [-0.15, -0.1) is 0 Å². The molecular formula is C20H32N2O6S2. The standard InChI is InChI=1S/C20H32N2O6S2/c1-13-5-3-7-15(19(25)26)21(13)17(23)9-11-29-30-12-10-18(24)22-14(2)6-4-8-16(22)20(27)28/h13-16H,3-12H2,1-2H3,(H,25,26)(H,27,28)/t13-,14-,15-,16+/m1/s1. The highest BCUT2D eigenvalue weighted by Crippen LogP contribution is 2.28. The summed E-state index contributed by atoms with van der Waals surface area (Å²) in [6, 6.07) is -1.58. The number of rotatable bonds is 9. The highest BCUT2D eigenvalue weighted by Gasteiger charge is 2.36. The fourth-order valence-electron chi connectivity index (χ4n) is 4.34. The maximum Gasteiger partial charge on any atom is 0.326 e. The molecule has 0 bridgehead atoms. The molecule has 4 atom stereocenters. The van der Waals surface area contributed by atoms with Gasteiger partial charge in [0.05, 0.1) is 0 Å². The lowest BCUT2D eigenvalue weighted by Crippen LogP contribution is -2.52. The first kappa shape index (κ1) is 24.8. The molecule has 0 spiro atoms. The summed E-state index contributed by atoms with van der Waals surface area (Å²) < 4.78 is 0. The molecule has 0 aromatic rings. The second-order valence-electron chi connectivity index (χ2n) is 8.01. The Morgan fingerprint density at radius 1 is 0.733 bits per heavy atom. The van der Waals surface area contributed by atoms with Gasteiger partial charge in [0.2, 0.25) is 11.8 Å². The van der Waals surface area contributed by atoms with Crippen molar-refractivity contribution in [1.29, 1.82) is 0 Å². The second kappa shape index (κ2) is 11.8. The summed E-state index contributed by atoms with van der Waals surface area (Å²) in [6.07, 6.45) is 4.83. The van der Waals surface area contributed by atoms with Crippen molar-refractivity contribution in [3.63, 3.8) is 0 Å². The van der Waals surface area contributed by atoms with Crippen LogP contribution in [0.3, 0.4) is 0 Å². The predicted octanol–water partition coefficient (Wildman–Crippen LogP) is 2.86. The van der Waals surface area contributed by atoms with Gasteiger partial charge in [0, 0.05) is 36.4 Å². The van der Waals surface area contributed by atoms with Crippen molar-refractivity contribution < 1.29 is 29.4 Å². The van der Waals surface area contributed by atoms with Gasteiger partial charge in [0.1, 0.15) is 12.1 Å². The first-order valence-electron chi connectivity index (χ1n) is 10.6. The van der Waals surface area contributed by atoms with Gasteiger partial charge in [0.15, 0.2) is 0 Å². The number of carbonyl (C=O) groups is 4. The lowest BCUT2D eigenvalue weighted by atomic mass is 9.96. The number of likely N-dealkylation sites (tertiary alicyclic amines) is 2. The number of hydrogen-bond acceptors (Lipinski definition) is 6. The van der Waals surface area contributed by atoms with Crippen LogP contribution in [0.1, 0.15) is 65.2 Å². The minimum Gasteiger partial charge on any atom is -0.480 e. The highest BCUT2D eigenvalue weighted by molar-refractivity contribution is 8.76. The average molecular weight is 461 g/mol. The van der Waals surface area contributed by atoms with Crippen LogP contribution in [-0.2, 0) is 19.2 Å². The number of carboxylic acids is 2. The summed E-state index contributed by atoms with van der Waals surface area (Å²) in [4.78, 5) is 51.0.